The normalized spacial score (nSPS) is 24.9. The molecule has 0 bridgehead atoms. The largest absolute Gasteiger partial charge is 0.507 e. The van der Waals surface area contributed by atoms with E-state index in [4.69, 9.17) is 0 Å². The van der Waals surface area contributed by atoms with Gasteiger partial charge in [-0.25, -0.2) is 0 Å². The molecule has 1 saturated heterocycles. The summed E-state index contributed by atoms with van der Waals surface area (Å²) >= 11 is 0. The van der Waals surface area contributed by atoms with Crippen molar-refractivity contribution in [3.63, 3.8) is 0 Å². The van der Waals surface area contributed by atoms with Crippen LogP contribution in [0.4, 0.5) is 0 Å². The molecule has 2 fully saturated rings. The number of phenols is 1. The van der Waals surface area contributed by atoms with Crippen LogP contribution < -0.4 is 5.32 Å². The smallest absolute Gasteiger partial charge is 0.255 e. The molecule has 1 aromatic carbocycles. The van der Waals surface area contributed by atoms with Gasteiger partial charge in [0.2, 0.25) is 0 Å². The Labute approximate surface area is 138 Å². The maximum Gasteiger partial charge on any atom is 0.255 e. The van der Waals surface area contributed by atoms with Gasteiger partial charge in [0.05, 0.1) is 5.56 Å². The number of likely N-dealkylation sites (tertiary alicyclic amines) is 1. The van der Waals surface area contributed by atoms with E-state index in [0.29, 0.717) is 12.1 Å². The SMILES string of the molecule is Cc1ccc(O)c(C(=O)NCCN2CCC[C@@H]3CCCC[C@@H]32)c1. The topological polar surface area (TPSA) is 52.6 Å². The zero-order chi connectivity index (χ0) is 16.2. The molecule has 1 aromatic rings. The van der Waals surface area contributed by atoms with E-state index in [9.17, 15) is 9.90 Å². The fraction of sp³-hybridized carbons (Fsp3) is 0.632. The third-order valence-corrected chi connectivity index (χ3v) is 5.44. The molecule has 2 N–H and O–H groups in total. The highest BCUT2D eigenvalue weighted by atomic mass is 16.3. The van der Waals surface area contributed by atoms with Gasteiger partial charge in [0.1, 0.15) is 5.75 Å². The number of phenolic OH excluding ortho intramolecular Hbond substituents is 1. The van der Waals surface area contributed by atoms with E-state index in [0.717, 1.165) is 30.6 Å². The minimum atomic E-state index is -0.177. The van der Waals surface area contributed by atoms with Crippen molar-refractivity contribution in [1.29, 1.82) is 0 Å². The number of hydrogen-bond donors (Lipinski definition) is 2. The quantitative estimate of drug-likeness (QED) is 0.897. The van der Waals surface area contributed by atoms with Crippen LogP contribution in [-0.2, 0) is 0 Å². The summed E-state index contributed by atoms with van der Waals surface area (Å²) in [7, 11) is 0. The average Bonchev–Trinajstić information content (AvgIpc) is 2.57. The van der Waals surface area contributed by atoms with Gasteiger partial charge in [-0.1, -0.05) is 24.5 Å². The maximum atomic E-state index is 12.3. The van der Waals surface area contributed by atoms with E-state index < -0.39 is 0 Å². The first kappa shape index (κ1) is 16.3. The van der Waals surface area contributed by atoms with Crippen molar-refractivity contribution in [1.82, 2.24) is 10.2 Å². The summed E-state index contributed by atoms with van der Waals surface area (Å²) in [5.74, 6) is 0.746. The predicted molar refractivity (Wildman–Crippen MR) is 91.7 cm³/mol. The van der Waals surface area contributed by atoms with Crippen molar-refractivity contribution in [3.05, 3.63) is 29.3 Å². The molecule has 1 amide bonds. The lowest BCUT2D eigenvalue weighted by atomic mass is 9.78. The predicted octanol–water partition coefficient (Wildman–Crippen LogP) is 3.09. The zero-order valence-corrected chi connectivity index (χ0v) is 14.1. The van der Waals surface area contributed by atoms with Gasteiger partial charge in [-0.3, -0.25) is 9.69 Å². The van der Waals surface area contributed by atoms with Crippen molar-refractivity contribution in [2.45, 2.75) is 51.5 Å². The molecule has 0 spiro atoms. The van der Waals surface area contributed by atoms with Gasteiger partial charge in [0, 0.05) is 19.1 Å². The lowest BCUT2D eigenvalue weighted by Gasteiger charge is -2.44. The van der Waals surface area contributed by atoms with Gasteiger partial charge < -0.3 is 10.4 Å². The van der Waals surface area contributed by atoms with Crippen molar-refractivity contribution >= 4 is 5.91 Å². The molecule has 2 aliphatic rings. The molecule has 0 unspecified atom stereocenters. The fourth-order valence-electron chi connectivity index (χ4n) is 4.25. The first-order valence-electron chi connectivity index (χ1n) is 8.97. The molecule has 0 aromatic heterocycles. The number of amides is 1. The Kier molecular flexibility index (Phi) is 5.21. The minimum Gasteiger partial charge on any atom is -0.507 e. The van der Waals surface area contributed by atoms with Crippen LogP contribution in [0.15, 0.2) is 18.2 Å². The standard InChI is InChI=1S/C19H28N2O2/c1-14-8-9-18(22)16(13-14)19(23)20-10-12-21-11-4-6-15-5-2-3-7-17(15)21/h8-9,13,15,17,22H,2-7,10-12H2,1H3,(H,20,23)/t15-,17-/m0/s1. The molecule has 2 atom stereocenters. The molecule has 3 rings (SSSR count). The van der Waals surface area contributed by atoms with Crippen LogP contribution in [0.1, 0.15) is 54.4 Å². The lowest BCUT2D eigenvalue weighted by molar-refractivity contribution is 0.0607. The first-order chi connectivity index (χ1) is 11.1. The van der Waals surface area contributed by atoms with Crippen LogP contribution >= 0.6 is 0 Å². The molecule has 1 aliphatic carbocycles. The third kappa shape index (κ3) is 3.86. The van der Waals surface area contributed by atoms with Crippen molar-refractivity contribution in [2.75, 3.05) is 19.6 Å². The molecule has 1 saturated carbocycles. The van der Waals surface area contributed by atoms with Crippen LogP contribution in [0.5, 0.6) is 5.75 Å². The summed E-state index contributed by atoms with van der Waals surface area (Å²) in [6, 6.07) is 5.86. The van der Waals surface area contributed by atoms with Crippen LogP contribution in [-0.4, -0.2) is 41.6 Å². The Morgan fingerprint density at radius 1 is 1.26 bits per heavy atom. The van der Waals surface area contributed by atoms with Gasteiger partial charge in [-0.2, -0.15) is 0 Å². The number of aromatic hydroxyl groups is 1. The van der Waals surface area contributed by atoms with E-state index in [2.05, 4.69) is 10.2 Å². The first-order valence-corrected chi connectivity index (χ1v) is 8.97. The molecule has 1 heterocycles. The third-order valence-electron chi connectivity index (χ3n) is 5.44. The van der Waals surface area contributed by atoms with Crippen LogP contribution in [0.2, 0.25) is 0 Å². The van der Waals surface area contributed by atoms with Crippen LogP contribution in [0.3, 0.4) is 0 Å². The Balaban J connectivity index is 1.52. The second kappa shape index (κ2) is 7.35. The van der Waals surface area contributed by atoms with E-state index in [1.165, 1.54) is 38.5 Å². The number of aryl methyl sites for hydroxylation is 1. The maximum absolute atomic E-state index is 12.3. The Morgan fingerprint density at radius 2 is 2.04 bits per heavy atom. The molecule has 23 heavy (non-hydrogen) atoms. The van der Waals surface area contributed by atoms with Crippen LogP contribution in [0, 0.1) is 12.8 Å². The second-order valence-electron chi connectivity index (χ2n) is 7.07. The number of piperidine rings is 1. The molecular formula is C19H28N2O2. The number of rotatable bonds is 4. The van der Waals surface area contributed by atoms with Crippen molar-refractivity contribution in [3.8, 4) is 5.75 Å². The van der Waals surface area contributed by atoms with Gasteiger partial charge in [-0.15, -0.1) is 0 Å². The summed E-state index contributed by atoms with van der Waals surface area (Å²) < 4.78 is 0. The van der Waals surface area contributed by atoms with Gasteiger partial charge >= 0.3 is 0 Å². The number of nitrogens with zero attached hydrogens (tertiary/aromatic N) is 1. The Morgan fingerprint density at radius 3 is 2.91 bits per heavy atom. The molecule has 0 radical (unpaired) electrons. The summed E-state index contributed by atoms with van der Waals surface area (Å²) in [6.45, 7) is 4.65. The van der Waals surface area contributed by atoms with Crippen molar-refractivity contribution in [2.24, 2.45) is 5.92 Å². The molecule has 126 valence electrons. The summed E-state index contributed by atoms with van der Waals surface area (Å²) in [6.07, 6.45) is 8.10. The Hall–Kier alpha value is -1.55. The van der Waals surface area contributed by atoms with E-state index in [-0.39, 0.29) is 11.7 Å². The highest BCUT2D eigenvalue weighted by Crippen LogP contribution is 2.34. The number of carbonyl (C=O) groups is 1. The highest BCUT2D eigenvalue weighted by molar-refractivity contribution is 5.96. The number of hydrogen-bond acceptors (Lipinski definition) is 3. The van der Waals surface area contributed by atoms with E-state index in [1.54, 1.807) is 12.1 Å². The minimum absolute atomic E-state index is 0.0541. The van der Waals surface area contributed by atoms with Crippen molar-refractivity contribution < 1.29 is 9.90 Å². The summed E-state index contributed by atoms with van der Waals surface area (Å²) in [4.78, 5) is 14.8. The van der Waals surface area contributed by atoms with Gasteiger partial charge in [-0.05, 0) is 57.2 Å². The number of fused-ring (bicyclic) bond motifs is 1. The fourth-order valence-corrected chi connectivity index (χ4v) is 4.25. The van der Waals surface area contributed by atoms with Gasteiger partial charge in [0.15, 0.2) is 0 Å². The lowest BCUT2D eigenvalue weighted by Crippen LogP contribution is -2.49. The molecular weight excluding hydrogens is 288 g/mol. The molecule has 1 aliphatic heterocycles. The Bertz CT molecular complexity index is 556. The zero-order valence-electron chi connectivity index (χ0n) is 14.1. The molecule has 4 nitrogen and oxygen atoms in total. The number of nitrogens with one attached hydrogen (secondary N) is 1. The number of benzene rings is 1. The second-order valence-corrected chi connectivity index (χ2v) is 7.07. The summed E-state index contributed by atoms with van der Waals surface area (Å²) in [5.41, 5.74) is 1.35. The van der Waals surface area contributed by atoms with E-state index >= 15 is 0 Å². The summed E-state index contributed by atoms with van der Waals surface area (Å²) in [5, 5.41) is 12.8. The molecule has 4 heteroatoms. The monoisotopic (exact) mass is 316 g/mol. The number of carbonyl (C=O) groups excluding carboxylic acids is 1. The van der Waals surface area contributed by atoms with Crippen LogP contribution in [0.25, 0.3) is 0 Å². The average molecular weight is 316 g/mol. The highest BCUT2D eigenvalue weighted by Gasteiger charge is 2.32. The van der Waals surface area contributed by atoms with Gasteiger partial charge in [0.25, 0.3) is 5.91 Å². The van der Waals surface area contributed by atoms with E-state index in [1.807, 2.05) is 13.0 Å².